The fourth-order valence-corrected chi connectivity index (χ4v) is 4.77. The van der Waals surface area contributed by atoms with Gasteiger partial charge in [0.15, 0.2) is 0 Å². The Balaban J connectivity index is 1.53. The lowest BCUT2D eigenvalue weighted by Crippen LogP contribution is -2.28. The molecule has 0 radical (unpaired) electrons. The van der Waals surface area contributed by atoms with E-state index in [1.165, 1.54) is 13.1 Å². The molecule has 6 nitrogen and oxygen atoms in total. The summed E-state index contributed by atoms with van der Waals surface area (Å²) in [5.74, 6) is -0.886. The van der Waals surface area contributed by atoms with E-state index in [0.29, 0.717) is 11.3 Å². The molecule has 4 unspecified atom stereocenters. The molecular weight excluding hydrogens is 356 g/mol. The lowest BCUT2D eigenvalue weighted by Gasteiger charge is -2.13. The second kappa shape index (κ2) is 6.12. The maximum Gasteiger partial charge on any atom is 0.308 e. The van der Waals surface area contributed by atoms with Gasteiger partial charge in [-0.3, -0.25) is 14.4 Å². The second-order valence-corrected chi connectivity index (χ2v) is 7.52. The Morgan fingerprint density at radius 1 is 1.07 bits per heavy atom. The fraction of sp³-hybridized carbons (Fsp3) is 0.273. The number of rotatable bonds is 3. The van der Waals surface area contributed by atoms with Gasteiger partial charge in [0.25, 0.3) is 11.8 Å². The first-order chi connectivity index (χ1) is 13.5. The third kappa shape index (κ3) is 2.41. The minimum absolute atomic E-state index is 0.140. The summed E-state index contributed by atoms with van der Waals surface area (Å²) < 4.78 is 5.31. The van der Waals surface area contributed by atoms with Crippen molar-refractivity contribution in [1.82, 2.24) is 5.01 Å². The molecule has 6 heteroatoms. The molecule has 2 aromatic rings. The average Bonchev–Trinajstić information content (AvgIpc) is 3.35. The Hall–Kier alpha value is -3.28. The summed E-state index contributed by atoms with van der Waals surface area (Å²) in [6.07, 6.45) is 6.43. The predicted molar refractivity (Wildman–Crippen MR) is 102 cm³/mol. The van der Waals surface area contributed by atoms with Gasteiger partial charge in [0.05, 0.1) is 18.1 Å². The maximum absolute atomic E-state index is 12.8. The van der Waals surface area contributed by atoms with Crippen molar-refractivity contribution < 1.29 is 19.1 Å². The number of amides is 2. The maximum atomic E-state index is 12.8. The molecule has 1 aliphatic heterocycles. The van der Waals surface area contributed by atoms with E-state index in [2.05, 4.69) is 5.10 Å². The van der Waals surface area contributed by atoms with Crippen molar-refractivity contribution >= 4 is 34.8 Å². The van der Waals surface area contributed by atoms with Crippen LogP contribution in [0.1, 0.15) is 18.9 Å². The van der Waals surface area contributed by atoms with Gasteiger partial charge in [-0.1, -0.05) is 42.5 Å². The van der Waals surface area contributed by atoms with E-state index >= 15 is 0 Å². The standard InChI is InChI=1S/C22H18N2O4/c1-12(25)28-18-9-8-13-4-2-3-5-16(13)17(18)11-23-24-21(26)19-14-6-7-15(10-14)20(19)22(24)27/h2-9,11,14-15,19-20H,10H2,1H3. The van der Waals surface area contributed by atoms with Crippen molar-refractivity contribution in [2.75, 3.05) is 0 Å². The van der Waals surface area contributed by atoms with Gasteiger partial charge in [0.2, 0.25) is 0 Å². The smallest absolute Gasteiger partial charge is 0.308 e. The Morgan fingerprint density at radius 2 is 1.75 bits per heavy atom. The molecule has 3 aliphatic rings. The van der Waals surface area contributed by atoms with Crippen LogP contribution in [0, 0.1) is 23.7 Å². The van der Waals surface area contributed by atoms with Crippen molar-refractivity contribution in [3.05, 3.63) is 54.1 Å². The molecule has 28 heavy (non-hydrogen) atoms. The van der Waals surface area contributed by atoms with Crippen LogP contribution in [0.25, 0.3) is 10.8 Å². The highest BCUT2D eigenvalue weighted by Crippen LogP contribution is 2.52. The molecule has 4 atom stereocenters. The van der Waals surface area contributed by atoms with Gasteiger partial charge in [0.1, 0.15) is 5.75 Å². The first kappa shape index (κ1) is 16.9. The van der Waals surface area contributed by atoms with Crippen LogP contribution in [-0.2, 0) is 14.4 Å². The van der Waals surface area contributed by atoms with E-state index in [9.17, 15) is 14.4 Å². The largest absolute Gasteiger partial charge is 0.426 e. The summed E-state index contributed by atoms with van der Waals surface area (Å²) >= 11 is 0. The Kier molecular flexibility index (Phi) is 3.69. The topological polar surface area (TPSA) is 76.0 Å². The summed E-state index contributed by atoms with van der Waals surface area (Å²) in [6.45, 7) is 1.33. The van der Waals surface area contributed by atoms with Crippen LogP contribution in [0.4, 0.5) is 0 Å². The lowest BCUT2D eigenvalue weighted by molar-refractivity contribution is -0.140. The molecule has 2 aliphatic carbocycles. The van der Waals surface area contributed by atoms with E-state index in [4.69, 9.17) is 4.74 Å². The molecule has 5 rings (SSSR count). The minimum atomic E-state index is -0.449. The van der Waals surface area contributed by atoms with E-state index in [0.717, 1.165) is 22.2 Å². The molecule has 0 spiro atoms. The molecule has 0 N–H and O–H groups in total. The number of carbonyl (C=O) groups is 3. The van der Waals surface area contributed by atoms with Gasteiger partial charge < -0.3 is 4.74 Å². The highest BCUT2D eigenvalue weighted by molar-refractivity contribution is 6.08. The Labute approximate surface area is 161 Å². The molecular formula is C22H18N2O4. The van der Waals surface area contributed by atoms with Gasteiger partial charge in [-0.15, -0.1) is 0 Å². The van der Waals surface area contributed by atoms with Gasteiger partial charge in [-0.05, 0) is 35.1 Å². The van der Waals surface area contributed by atoms with Crippen LogP contribution in [0.2, 0.25) is 0 Å². The SMILES string of the molecule is CC(=O)Oc1ccc2ccccc2c1C=NN1C(=O)C2C3C=CC(C3)C2C1=O. The number of carbonyl (C=O) groups excluding carboxylic acids is 3. The summed E-state index contributed by atoms with van der Waals surface area (Å²) in [7, 11) is 0. The quantitative estimate of drug-likeness (QED) is 0.272. The molecule has 2 amide bonds. The monoisotopic (exact) mass is 374 g/mol. The molecule has 1 saturated heterocycles. The van der Waals surface area contributed by atoms with Gasteiger partial charge in [-0.2, -0.15) is 10.1 Å². The second-order valence-electron chi connectivity index (χ2n) is 7.52. The number of hydrazone groups is 1. The minimum Gasteiger partial charge on any atom is -0.426 e. The number of hydrogen-bond acceptors (Lipinski definition) is 5. The number of esters is 1. The van der Waals surface area contributed by atoms with Crippen LogP contribution in [0.3, 0.4) is 0 Å². The van der Waals surface area contributed by atoms with Gasteiger partial charge >= 0.3 is 5.97 Å². The molecule has 2 aromatic carbocycles. The molecule has 1 heterocycles. The zero-order valence-electron chi connectivity index (χ0n) is 15.2. The van der Waals surface area contributed by atoms with Crippen molar-refractivity contribution in [2.45, 2.75) is 13.3 Å². The summed E-state index contributed by atoms with van der Waals surface area (Å²) in [6, 6.07) is 11.1. The third-order valence-corrected chi connectivity index (χ3v) is 5.93. The molecule has 140 valence electrons. The van der Waals surface area contributed by atoms with Gasteiger partial charge in [-0.25, -0.2) is 0 Å². The van der Waals surface area contributed by atoms with E-state index < -0.39 is 5.97 Å². The van der Waals surface area contributed by atoms with Crippen molar-refractivity contribution in [1.29, 1.82) is 0 Å². The van der Waals surface area contributed by atoms with Crippen molar-refractivity contribution in [3.63, 3.8) is 0 Å². The predicted octanol–water partition coefficient (Wildman–Crippen LogP) is 2.91. The zero-order chi connectivity index (χ0) is 19.4. The molecule has 2 bridgehead atoms. The van der Waals surface area contributed by atoms with Crippen molar-refractivity contribution in [3.8, 4) is 5.75 Å². The van der Waals surface area contributed by atoms with E-state index in [1.54, 1.807) is 6.07 Å². The first-order valence-electron chi connectivity index (χ1n) is 9.35. The van der Waals surface area contributed by atoms with Crippen LogP contribution in [-0.4, -0.2) is 29.0 Å². The summed E-state index contributed by atoms with van der Waals surface area (Å²) in [5, 5.41) is 7.01. The number of ether oxygens (including phenoxy) is 1. The lowest BCUT2D eigenvalue weighted by atomic mass is 9.85. The van der Waals surface area contributed by atoms with Gasteiger partial charge in [0, 0.05) is 12.5 Å². The van der Waals surface area contributed by atoms with Crippen LogP contribution >= 0.6 is 0 Å². The Morgan fingerprint density at radius 3 is 2.43 bits per heavy atom. The molecule has 0 aromatic heterocycles. The highest BCUT2D eigenvalue weighted by Gasteiger charge is 2.59. The first-order valence-corrected chi connectivity index (χ1v) is 9.35. The number of imide groups is 1. The summed E-state index contributed by atoms with van der Waals surface area (Å²) in [4.78, 5) is 37.1. The van der Waals surface area contributed by atoms with Crippen LogP contribution in [0.5, 0.6) is 5.75 Å². The summed E-state index contributed by atoms with van der Waals surface area (Å²) in [5.41, 5.74) is 0.562. The number of allylic oxidation sites excluding steroid dienone is 2. The number of benzene rings is 2. The van der Waals surface area contributed by atoms with Crippen LogP contribution in [0.15, 0.2) is 53.7 Å². The fourth-order valence-electron chi connectivity index (χ4n) is 4.77. The third-order valence-electron chi connectivity index (χ3n) is 5.93. The molecule has 1 saturated carbocycles. The zero-order valence-corrected chi connectivity index (χ0v) is 15.2. The number of fused-ring (bicyclic) bond motifs is 6. The average molecular weight is 374 g/mol. The van der Waals surface area contributed by atoms with E-state index in [-0.39, 0.29) is 35.5 Å². The van der Waals surface area contributed by atoms with Crippen LogP contribution < -0.4 is 4.74 Å². The number of nitrogens with zero attached hydrogens (tertiary/aromatic N) is 2. The number of hydrogen-bond donors (Lipinski definition) is 0. The Bertz CT molecular complexity index is 1060. The highest BCUT2D eigenvalue weighted by atomic mass is 16.5. The van der Waals surface area contributed by atoms with E-state index in [1.807, 2.05) is 42.5 Å². The normalized spacial score (nSPS) is 28.0. The van der Waals surface area contributed by atoms with Crippen molar-refractivity contribution in [2.24, 2.45) is 28.8 Å². The molecule has 2 fully saturated rings.